The van der Waals surface area contributed by atoms with Gasteiger partial charge in [0.1, 0.15) is 5.54 Å². The Morgan fingerprint density at radius 1 is 0.967 bits per heavy atom. The minimum Gasteiger partial charge on any atom is -0.368 e. The minimum atomic E-state index is -1.17. The Labute approximate surface area is 186 Å². The molecular weight excluding hydrogens is 419 g/mol. The molecule has 0 unspecified atom stereocenters. The van der Waals surface area contributed by atoms with E-state index in [0.29, 0.717) is 15.7 Å². The van der Waals surface area contributed by atoms with Gasteiger partial charge in [0.25, 0.3) is 5.91 Å². The molecule has 1 heterocycles. The SMILES string of the molecule is O=C1C[C@](/C=C\c2ccccc2)(Nc2cc(Cl)cc(Cl)c2)C(=O)N1C1CCCCC1. The largest absolute Gasteiger partial charge is 0.368 e. The zero-order chi connectivity index (χ0) is 21.1. The van der Waals surface area contributed by atoms with Gasteiger partial charge in [0.2, 0.25) is 5.91 Å². The fourth-order valence-corrected chi connectivity index (χ4v) is 4.92. The molecule has 2 aromatic rings. The van der Waals surface area contributed by atoms with Gasteiger partial charge in [-0.3, -0.25) is 14.5 Å². The first-order valence-electron chi connectivity index (χ1n) is 10.3. The van der Waals surface area contributed by atoms with E-state index in [0.717, 1.165) is 37.7 Å². The van der Waals surface area contributed by atoms with Gasteiger partial charge in [-0.15, -0.1) is 0 Å². The van der Waals surface area contributed by atoms with Crippen LogP contribution in [0.1, 0.15) is 44.1 Å². The molecule has 1 N–H and O–H groups in total. The fourth-order valence-electron chi connectivity index (χ4n) is 4.39. The molecule has 4 rings (SSSR count). The van der Waals surface area contributed by atoms with E-state index in [2.05, 4.69) is 5.32 Å². The topological polar surface area (TPSA) is 49.4 Å². The number of carbonyl (C=O) groups is 2. The lowest BCUT2D eigenvalue weighted by atomic mass is 9.93. The van der Waals surface area contributed by atoms with Crippen molar-refractivity contribution in [1.82, 2.24) is 4.90 Å². The molecular formula is C24H24Cl2N2O2. The van der Waals surface area contributed by atoms with Crippen LogP contribution in [0.5, 0.6) is 0 Å². The van der Waals surface area contributed by atoms with E-state index in [4.69, 9.17) is 23.2 Å². The Hall–Kier alpha value is -2.30. The van der Waals surface area contributed by atoms with Crippen LogP contribution in [-0.4, -0.2) is 28.3 Å². The summed E-state index contributed by atoms with van der Waals surface area (Å²) in [5.74, 6) is -0.340. The number of carbonyl (C=O) groups excluding carboxylic acids is 2. The second-order valence-electron chi connectivity index (χ2n) is 8.04. The van der Waals surface area contributed by atoms with Crippen molar-refractivity contribution in [2.24, 2.45) is 0 Å². The highest BCUT2D eigenvalue weighted by molar-refractivity contribution is 6.35. The lowest BCUT2D eigenvalue weighted by Crippen LogP contribution is -2.48. The van der Waals surface area contributed by atoms with Crippen LogP contribution < -0.4 is 5.32 Å². The van der Waals surface area contributed by atoms with Crippen LogP contribution in [-0.2, 0) is 9.59 Å². The maximum Gasteiger partial charge on any atom is 0.259 e. The van der Waals surface area contributed by atoms with Gasteiger partial charge in [-0.2, -0.15) is 0 Å². The molecule has 0 aromatic heterocycles. The van der Waals surface area contributed by atoms with Crippen LogP contribution in [0.2, 0.25) is 10.0 Å². The predicted octanol–water partition coefficient (Wildman–Crippen LogP) is 5.95. The van der Waals surface area contributed by atoms with Crippen LogP contribution >= 0.6 is 23.2 Å². The highest BCUT2D eigenvalue weighted by atomic mass is 35.5. The average Bonchev–Trinajstić information content (AvgIpc) is 2.97. The van der Waals surface area contributed by atoms with Crippen molar-refractivity contribution in [3.8, 4) is 0 Å². The molecule has 2 amide bonds. The molecule has 6 heteroatoms. The predicted molar refractivity (Wildman–Crippen MR) is 122 cm³/mol. The van der Waals surface area contributed by atoms with Gasteiger partial charge in [0.05, 0.1) is 6.42 Å². The quantitative estimate of drug-likeness (QED) is 0.581. The monoisotopic (exact) mass is 442 g/mol. The smallest absolute Gasteiger partial charge is 0.259 e. The third-order valence-electron chi connectivity index (χ3n) is 5.83. The molecule has 1 saturated heterocycles. The molecule has 2 aromatic carbocycles. The highest BCUT2D eigenvalue weighted by Crippen LogP contribution is 2.36. The zero-order valence-electron chi connectivity index (χ0n) is 16.6. The van der Waals surface area contributed by atoms with E-state index in [1.54, 1.807) is 24.3 Å². The second-order valence-corrected chi connectivity index (χ2v) is 8.91. The van der Waals surface area contributed by atoms with Crippen molar-refractivity contribution < 1.29 is 9.59 Å². The molecule has 1 saturated carbocycles. The minimum absolute atomic E-state index is 0.0181. The molecule has 0 spiro atoms. The number of nitrogens with one attached hydrogen (secondary N) is 1. The van der Waals surface area contributed by atoms with Gasteiger partial charge in [0.15, 0.2) is 0 Å². The molecule has 2 fully saturated rings. The van der Waals surface area contributed by atoms with Crippen LogP contribution in [0.4, 0.5) is 5.69 Å². The van der Waals surface area contributed by atoms with Gasteiger partial charge < -0.3 is 5.32 Å². The van der Waals surface area contributed by atoms with Crippen LogP contribution in [0.3, 0.4) is 0 Å². The first-order valence-corrected chi connectivity index (χ1v) is 11.1. The molecule has 2 aliphatic rings. The van der Waals surface area contributed by atoms with E-state index in [1.165, 1.54) is 4.90 Å². The summed E-state index contributed by atoms with van der Waals surface area (Å²) in [6.07, 6.45) is 8.76. The lowest BCUT2D eigenvalue weighted by molar-refractivity contribution is -0.142. The number of hydrogen-bond acceptors (Lipinski definition) is 3. The van der Waals surface area contributed by atoms with Crippen molar-refractivity contribution in [2.75, 3.05) is 5.32 Å². The molecule has 1 aliphatic heterocycles. The van der Waals surface area contributed by atoms with Crippen molar-refractivity contribution in [3.63, 3.8) is 0 Å². The van der Waals surface area contributed by atoms with Crippen LogP contribution in [0.25, 0.3) is 6.08 Å². The van der Waals surface area contributed by atoms with Gasteiger partial charge >= 0.3 is 0 Å². The van der Waals surface area contributed by atoms with Crippen molar-refractivity contribution in [3.05, 3.63) is 70.2 Å². The van der Waals surface area contributed by atoms with Crippen molar-refractivity contribution in [2.45, 2.75) is 50.1 Å². The molecule has 1 aliphatic carbocycles. The van der Waals surface area contributed by atoms with E-state index < -0.39 is 5.54 Å². The maximum absolute atomic E-state index is 13.7. The molecule has 0 radical (unpaired) electrons. The van der Waals surface area contributed by atoms with E-state index in [-0.39, 0.29) is 24.3 Å². The Morgan fingerprint density at radius 2 is 1.63 bits per heavy atom. The van der Waals surface area contributed by atoms with Gasteiger partial charge in [-0.1, -0.05) is 78.9 Å². The fraction of sp³-hybridized carbons (Fsp3) is 0.333. The van der Waals surface area contributed by atoms with Crippen molar-refractivity contribution >= 4 is 46.8 Å². The van der Waals surface area contributed by atoms with Crippen LogP contribution in [0.15, 0.2) is 54.6 Å². The summed E-state index contributed by atoms with van der Waals surface area (Å²) in [7, 11) is 0. The average molecular weight is 443 g/mol. The summed E-state index contributed by atoms with van der Waals surface area (Å²) in [6, 6.07) is 14.8. The third kappa shape index (κ3) is 4.40. The Morgan fingerprint density at radius 3 is 2.30 bits per heavy atom. The Balaban J connectivity index is 1.70. The number of likely N-dealkylation sites (tertiary alicyclic amines) is 1. The number of rotatable bonds is 5. The van der Waals surface area contributed by atoms with E-state index in [1.807, 2.05) is 36.4 Å². The number of benzene rings is 2. The van der Waals surface area contributed by atoms with Crippen molar-refractivity contribution in [1.29, 1.82) is 0 Å². The molecule has 4 nitrogen and oxygen atoms in total. The molecule has 156 valence electrons. The number of amides is 2. The van der Waals surface area contributed by atoms with Crippen LogP contribution in [0, 0.1) is 0 Å². The summed E-state index contributed by atoms with van der Waals surface area (Å²) in [5, 5.41) is 4.22. The highest BCUT2D eigenvalue weighted by Gasteiger charge is 2.52. The summed E-state index contributed by atoms with van der Waals surface area (Å²) in [5.41, 5.74) is 0.397. The van der Waals surface area contributed by atoms with E-state index in [9.17, 15) is 9.59 Å². The van der Waals surface area contributed by atoms with Gasteiger partial charge in [0, 0.05) is 21.8 Å². The summed E-state index contributed by atoms with van der Waals surface area (Å²) >= 11 is 12.3. The first kappa shape index (κ1) is 21.0. The maximum atomic E-state index is 13.7. The lowest BCUT2D eigenvalue weighted by Gasteiger charge is -2.32. The Kier molecular flexibility index (Phi) is 6.16. The number of nitrogens with zero attached hydrogens (tertiary/aromatic N) is 1. The molecule has 0 bridgehead atoms. The van der Waals surface area contributed by atoms with Gasteiger partial charge in [-0.25, -0.2) is 0 Å². The third-order valence-corrected chi connectivity index (χ3v) is 6.27. The van der Waals surface area contributed by atoms with E-state index >= 15 is 0 Å². The summed E-state index contributed by atoms with van der Waals surface area (Å²) in [6.45, 7) is 0. The Bertz CT molecular complexity index is 950. The number of hydrogen-bond donors (Lipinski definition) is 1. The van der Waals surface area contributed by atoms with Gasteiger partial charge in [-0.05, 0) is 42.7 Å². The number of imide groups is 1. The number of halogens is 2. The second kappa shape index (κ2) is 8.83. The number of anilines is 1. The molecule has 30 heavy (non-hydrogen) atoms. The summed E-state index contributed by atoms with van der Waals surface area (Å²) in [4.78, 5) is 28.2. The summed E-state index contributed by atoms with van der Waals surface area (Å²) < 4.78 is 0. The standard InChI is InChI=1S/C24H24Cl2N2O2/c25-18-13-19(26)15-20(14-18)27-24(12-11-17-7-3-1-4-8-17)16-22(29)28(23(24)30)21-9-5-2-6-10-21/h1,3-4,7-8,11-15,21,27H,2,5-6,9-10,16H2/b12-11-/t24-/m0/s1. The normalized spacial score (nSPS) is 22.8. The molecule has 1 atom stereocenters. The zero-order valence-corrected chi connectivity index (χ0v) is 18.1. The first-order chi connectivity index (χ1) is 14.5.